The second-order valence-electron chi connectivity index (χ2n) is 5.02. The maximum atomic E-state index is 12.0. The zero-order valence-corrected chi connectivity index (χ0v) is 11.9. The quantitative estimate of drug-likeness (QED) is 0.855. The number of nitrogens with two attached hydrogens (primary N) is 1. The van der Waals surface area contributed by atoms with Crippen molar-refractivity contribution < 1.29 is 9.53 Å². The number of hydrogen-bond acceptors (Lipinski definition) is 3. The molecule has 1 aromatic carbocycles. The highest BCUT2D eigenvalue weighted by molar-refractivity contribution is 5.91. The van der Waals surface area contributed by atoms with Gasteiger partial charge in [-0.25, -0.2) is 0 Å². The lowest BCUT2D eigenvalue weighted by molar-refractivity contribution is -0.127. The highest BCUT2D eigenvalue weighted by atomic mass is 16.5. The lowest BCUT2D eigenvalue weighted by atomic mass is 10.1. The number of carbonyl (C=O) groups is 1. The normalized spacial score (nSPS) is 19.3. The summed E-state index contributed by atoms with van der Waals surface area (Å²) in [6.07, 6.45) is 5.45. The van der Waals surface area contributed by atoms with Crippen molar-refractivity contribution in [3.8, 4) is 5.75 Å². The number of likely N-dealkylation sites (tertiary alicyclic amines) is 1. The number of amides is 1. The predicted octanol–water partition coefficient (Wildman–Crippen LogP) is 2.05. The van der Waals surface area contributed by atoms with E-state index in [0.29, 0.717) is 13.2 Å². The molecule has 0 radical (unpaired) electrons. The molecule has 0 spiro atoms. The van der Waals surface area contributed by atoms with E-state index in [2.05, 4.69) is 0 Å². The zero-order chi connectivity index (χ0) is 14.4. The van der Waals surface area contributed by atoms with Crippen molar-refractivity contribution in [3.05, 3.63) is 35.9 Å². The Morgan fingerprint density at radius 1 is 1.45 bits per heavy atom. The lowest BCUT2D eigenvalue weighted by Crippen LogP contribution is -2.45. The molecular formula is C16H22N2O2. The van der Waals surface area contributed by atoms with Crippen molar-refractivity contribution in [2.45, 2.75) is 25.8 Å². The van der Waals surface area contributed by atoms with Gasteiger partial charge in [-0.3, -0.25) is 4.79 Å². The first kappa shape index (κ1) is 14.6. The first-order valence-corrected chi connectivity index (χ1v) is 7.14. The van der Waals surface area contributed by atoms with Gasteiger partial charge >= 0.3 is 0 Å². The number of benzene rings is 1. The first-order chi connectivity index (χ1) is 9.69. The third-order valence-electron chi connectivity index (χ3n) is 3.38. The number of ether oxygens (including phenoxy) is 1. The van der Waals surface area contributed by atoms with Gasteiger partial charge in [-0.2, -0.15) is 0 Å². The second-order valence-corrected chi connectivity index (χ2v) is 5.02. The molecule has 1 aliphatic heterocycles. The number of carbonyl (C=O) groups excluding carboxylic acids is 1. The fraction of sp³-hybridized carbons (Fsp3) is 0.438. The fourth-order valence-corrected chi connectivity index (χ4v) is 2.32. The lowest BCUT2D eigenvalue weighted by Gasteiger charge is -2.29. The Morgan fingerprint density at radius 3 is 2.85 bits per heavy atom. The molecule has 1 aromatic rings. The van der Waals surface area contributed by atoms with Crippen LogP contribution in [0.2, 0.25) is 0 Å². The van der Waals surface area contributed by atoms with E-state index in [1.165, 1.54) is 0 Å². The molecule has 1 amide bonds. The second kappa shape index (κ2) is 7.10. The molecule has 0 saturated carbocycles. The minimum Gasteiger partial charge on any atom is -0.494 e. The van der Waals surface area contributed by atoms with Crippen molar-refractivity contribution in [1.29, 1.82) is 0 Å². The molecule has 0 aliphatic carbocycles. The molecule has 4 nitrogen and oxygen atoms in total. The molecule has 2 N–H and O–H groups in total. The molecule has 1 saturated heterocycles. The molecular weight excluding hydrogens is 252 g/mol. The molecule has 2 rings (SSSR count). The van der Waals surface area contributed by atoms with E-state index in [1.807, 2.05) is 42.2 Å². The van der Waals surface area contributed by atoms with E-state index >= 15 is 0 Å². The molecule has 1 fully saturated rings. The maximum absolute atomic E-state index is 12.0. The van der Waals surface area contributed by atoms with Crippen LogP contribution in [0.1, 0.15) is 25.3 Å². The van der Waals surface area contributed by atoms with Gasteiger partial charge in [0.15, 0.2) is 0 Å². The van der Waals surface area contributed by atoms with Gasteiger partial charge in [0, 0.05) is 25.2 Å². The van der Waals surface area contributed by atoms with Crippen LogP contribution in [0.4, 0.5) is 0 Å². The third kappa shape index (κ3) is 4.10. The molecule has 108 valence electrons. The van der Waals surface area contributed by atoms with E-state index in [-0.39, 0.29) is 11.9 Å². The summed E-state index contributed by atoms with van der Waals surface area (Å²) in [7, 11) is 0. The number of nitrogens with zero attached hydrogens (tertiary/aromatic N) is 1. The molecule has 0 aromatic heterocycles. The van der Waals surface area contributed by atoms with Crippen LogP contribution in [-0.4, -0.2) is 36.5 Å². The fourth-order valence-electron chi connectivity index (χ4n) is 2.32. The van der Waals surface area contributed by atoms with Crippen molar-refractivity contribution in [3.63, 3.8) is 0 Å². The van der Waals surface area contributed by atoms with E-state index in [0.717, 1.165) is 30.7 Å². The molecule has 1 unspecified atom stereocenters. The van der Waals surface area contributed by atoms with Gasteiger partial charge in [0.05, 0.1) is 6.61 Å². The summed E-state index contributed by atoms with van der Waals surface area (Å²) in [5.74, 6) is 0.881. The van der Waals surface area contributed by atoms with Crippen LogP contribution in [0, 0.1) is 0 Å². The monoisotopic (exact) mass is 274 g/mol. The highest BCUT2D eigenvalue weighted by Gasteiger charge is 2.19. The average molecular weight is 274 g/mol. The molecule has 1 atom stereocenters. The Labute approximate surface area is 120 Å². The summed E-state index contributed by atoms with van der Waals surface area (Å²) in [6, 6.07) is 7.81. The van der Waals surface area contributed by atoms with Gasteiger partial charge in [-0.05, 0) is 43.5 Å². The van der Waals surface area contributed by atoms with E-state index in [4.69, 9.17) is 10.5 Å². The van der Waals surface area contributed by atoms with Gasteiger partial charge in [0.25, 0.3) is 0 Å². The van der Waals surface area contributed by atoms with Crippen LogP contribution in [-0.2, 0) is 4.79 Å². The Hall–Kier alpha value is -1.81. The van der Waals surface area contributed by atoms with Crippen LogP contribution < -0.4 is 10.5 Å². The van der Waals surface area contributed by atoms with Crippen molar-refractivity contribution >= 4 is 12.0 Å². The Kier molecular flexibility index (Phi) is 5.18. The predicted molar refractivity (Wildman–Crippen MR) is 80.4 cm³/mol. The summed E-state index contributed by atoms with van der Waals surface area (Å²) < 4.78 is 5.38. The van der Waals surface area contributed by atoms with Crippen LogP contribution in [0.25, 0.3) is 6.08 Å². The van der Waals surface area contributed by atoms with E-state index < -0.39 is 0 Å². The number of hydrogen-bond donors (Lipinski definition) is 1. The zero-order valence-electron chi connectivity index (χ0n) is 11.9. The number of piperidine rings is 1. The number of rotatable bonds is 4. The summed E-state index contributed by atoms with van der Waals surface area (Å²) >= 11 is 0. The SMILES string of the molecule is CCOc1ccc(C=CC(=O)N2CCCC(N)C2)cc1. The molecule has 1 aliphatic rings. The van der Waals surface area contributed by atoms with Gasteiger partial charge < -0.3 is 15.4 Å². The van der Waals surface area contributed by atoms with Gasteiger partial charge in [0.1, 0.15) is 5.75 Å². The molecule has 4 heteroatoms. The van der Waals surface area contributed by atoms with Crippen molar-refractivity contribution in [1.82, 2.24) is 4.90 Å². The minimum atomic E-state index is 0.0361. The standard InChI is InChI=1S/C16H22N2O2/c1-2-20-15-8-5-13(6-9-15)7-10-16(19)18-11-3-4-14(17)12-18/h5-10,14H,2-4,11-12,17H2,1H3. The Morgan fingerprint density at radius 2 is 2.20 bits per heavy atom. The van der Waals surface area contributed by atoms with Gasteiger partial charge in [-0.1, -0.05) is 12.1 Å². The van der Waals surface area contributed by atoms with Gasteiger partial charge in [0.2, 0.25) is 5.91 Å². The average Bonchev–Trinajstić information content (AvgIpc) is 2.46. The summed E-state index contributed by atoms with van der Waals surface area (Å²) in [4.78, 5) is 13.9. The summed E-state index contributed by atoms with van der Waals surface area (Å²) in [5, 5.41) is 0. The summed E-state index contributed by atoms with van der Waals surface area (Å²) in [6.45, 7) is 4.07. The van der Waals surface area contributed by atoms with E-state index in [9.17, 15) is 4.79 Å². The molecule has 0 bridgehead atoms. The van der Waals surface area contributed by atoms with Gasteiger partial charge in [-0.15, -0.1) is 0 Å². The molecule has 20 heavy (non-hydrogen) atoms. The van der Waals surface area contributed by atoms with Crippen molar-refractivity contribution in [2.24, 2.45) is 5.73 Å². The molecule has 1 heterocycles. The van der Waals surface area contributed by atoms with Crippen LogP contribution in [0.15, 0.2) is 30.3 Å². The largest absolute Gasteiger partial charge is 0.494 e. The Balaban J connectivity index is 1.92. The van der Waals surface area contributed by atoms with E-state index in [1.54, 1.807) is 6.08 Å². The summed E-state index contributed by atoms with van der Waals surface area (Å²) in [5.41, 5.74) is 6.87. The highest BCUT2D eigenvalue weighted by Crippen LogP contribution is 2.14. The first-order valence-electron chi connectivity index (χ1n) is 7.14. The topological polar surface area (TPSA) is 55.6 Å². The van der Waals surface area contributed by atoms with Crippen LogP contribution >= 0.6 is 0 Å². The maximum Gasteiger partial charge on any atom is 0.246 e. The minimum absolute atomic E-state index is 0.0361. The smallest absolute Gasteiger partial charge is 0.246 e. The van der Waals surface area contributed by atoms with Crippen molar-refractivity contribution in [2.75, 3.05) is 19.7 Å². The Bertz CT molecular complexity index is 468. The third-order valence-corrected chi connectivity index (χ3v) is 3.38. The van der Waals surface area contributed by atoms with Crippen LogP contribution in [0.5, 0.6) is 5.75 Å². The van der Waals surface area contributed by atoms with Crippen LogP contribution in [0.3, 0.4) is 0 Å².